The number of benzene rings is 1. The number of hydrogen-bond acceptors (Lipinski definition) is 6. The Labute approximate surface area is 122 Å². The van der Waals surface area contributed by atoms with Crippen molar-refractivity contribution >= 4 is 23.7 Å². The summed E-state index contributed by atoms with van der Waals surface area (Å²) in [5, 5.41) is 0. The molecule has 21 heavy (non-hydrogen) atoms. The first-order valence-electron chi connectivity index (χ1n) is 6.40. The van der Waals surface area contributed by atoms with E-state index in [1.807, 2.05) is 0 Å². The lowest BCUT2D eigenvalue weighted by Gasteiger charge is -2.22. The molecule has 7 heteroatoms. The number of para-hydroxylation sites is 1. The Bertz CT molecular complexity index is 572. The number of hydrogen-bond donors (Lipinski definition) is 0. The van der Waals surface area contributed by atoms with Crippen LogP contribution in [0.4, 0.5) is 10.5 Å². The van der Waals surface area contributed by atoms with E-state index in [1.165, 1.54) is 7.11 Å². The van der Waals surface area contributed by atoms with Gasteiger partial charge in [0.2, 0.25) is 0 Å². The number of methoxy groups -OCH3 is 1. The van der Waals surface area contributed by atoms with Gasteiger partial charge in [-0.05, 0) is 12.1 Å². The number of carbonyl (C=O) groups excluding carboxylic acids is 3. The number of carbonyl (C=O) groups is 3. The van der Waals surface area contributed by atoms with Crippen LogP contribution in [0.1, 0.15) is 10.4 Å². The molecule has 1 aromatic carbocycles. The number of nitrogens with zero attached hydrogens (tertiary/aromatic N) is 2. The van der Waals surface area contributed by atoms with Crippen LogP contribution in [0.15, 0.2) is 24.3 Å². The van der Waals surface area contributed by atoms with Gasteiger partial charge in [0.15, 0.2) is 0 Å². The van der Waals surface area contributed by atoms with Gasteiger partial charge in [-0.15, -0.1) is 0 Å². The molecule has 0 atom stereocenters. The lowest BCUT2D eigenvalue weighted by atomic mass is 10.1. The Kier molecular flexibility index (Phi) is 4.42. The molecule has 0 aromatic heterocycles. The van der Waals surface area contributed by atoms with E-state index in [2.05, 4.69) is 0 Å². The van der Waals surface area contributed by atoms with Crippen LogP contribution in [-0.4, -0.2) is 56.7 Å². The quantitative estimate of drug-likeness (QED) is 0.767. The highest BCUT2D eigenvalue weighted by atomic mass is 16.6. The molecule has 1 aliphatic heterocycles. The van der Waals surface area contributed by atoms with E-state index in [4.69, 9.17) is 9.47 Å². The van der Waals surface area contributed by atoms with Gasteiger partial charge in [0.25, 0.3) is 5.91 Å². The molecule has 0 aliphatic carbocycles. The largest absolute Gasteiger partial charge is 0.465 e. The van der Waals surface area contributed by atoms with Crippen molar-refractivity contribution in [2.75, 3.05) is 38.8 Å². The monoisotopic (exact) mass is 292 g/mol. The molecule has 1 fully saturated rings. The van der Waals surface area contributed by atoms with Gasteiger partial charge in [0.05, 0.1) is 31.5 Å². The molecule has 2 rings (SSSR count). The molecule has 1 aliphatic rings. The second-order valence-corrected chi connectivity index (χ2v) is 4.52. The van der Waals surface area contributed by atoms with E-state index in [0.717, 1.165) is 4.90 Å². The van der Waals surface area contributed by atoms with Crippen LogP contribution in [0.3, 0.4) is 0 Å². The third-order valence-corrected chi connectivity index (χ3v) is 3.15. The van der Waals surface area contributed by atoms with Crippen molar-refractivity contribution in [2.45, 2.75) is 0 Å². The molecule has 1 heterocycles. The Morgan fingerprint density at radius 1 is 1.38 bits per heavy atom. The zero-order valence-corrected chi connectivity index (χ0v) is 11.9. The fraction of sp³-hybridized carbons (Fsp3) is 0.357. The average Bonchev–Trinajstić information content (AvgIpc) is 2.92. The molecule has 0 unspecified atom stereocenters. The summed E-state index contributed by atoms with van der Waals surface area (Å²) in [4.78, 5) is 37.8. The number of esters is 1. The number of imide groups is 1. The predicted octanol–water partition coefficient (Wildman–Crippen LogP) is 0.888. The van der Waals surface area contributed by atoms with Crippen LogP contribution in [0, 0.1) is 0 Å². The molecule has 1 saturated heterocycles. The molecule has 7 nitrogen and oxygen atoms in total. The molecular formula is C14H16N2O5. The summed E-state index contributed by atoms with van der Waals surface area (Å²) in [7, 11) is 2.96. The van der Waals surface area contributed by atoms with Gasteiger partial charge in [-0.2, -0.15) is 0 Å². The maximum atomic E-state index is 12.1. The number of amides is 2. The number of rotatable bonds is 4. The first-order chi connectivity index (χ1) is 10.0. The zero-order valence-electron chi connectivity index (χ0n) is 11.9. The van der Waals surface area contributed by atoms with Crippen LogP contribution in [0.2, 0.25) is 0 Å². The summed E-state index contributed by atoms with van der Waals surface area (Å²) < 4.78 is 9.44. The fourth-order valence-electron chi connectivity index (χ4n) is 2.08. The minimum atomic E-state index is -0.630. The summed E-state index contributed by atoms with van der Waals surface area (Å²) in [6.45, 7) is 0.431. The van der Waals surface area contributed by atoms with Gasteiger partial charge in [0, 0.05) is 7.05 Å². The number of likely N-dealkylation sites (N-methyl/N-ethyl adjacent to an activating group) is 1. The van der Waals surface area contributed by atoms with Crippen molar-refractivity contribution in [3.63, 3.8) is 0 Å². The third kappa shape index (κ3) is 3.13. The minimum Gasteiger partial charge on any atom is -0.465 e. The summed E-state index contributed by atoms with van der Waals surface area (Å²) in [5.74, 6) is -0.856. The maximum absolute atomic E-state index is 12.1. The molecule has 0 N–H and O–H groups in total. The molecule has 1 aromatic rings. The van der Waals surface area contributed by atoms with Gasteiger partial charge in [-0.1, -0.05) is 12.1 Å². The molecule has 112 valence electrons. The van der Waals surface area contributed by atoms with E-state index in [1.54, 1.807) is 36.2 Å². The second kappa shape index (κ2) is 6.25. The van der Waals surface area contributed by atoms with Crippen LogP contribution < -0.4 is 4.90 Å². The van der Waals surface area contributed by atoms with Gasteiger partial charge < -0.3 is 14.4 Å². The van der Waals surface area contributed by atoms with Crippen molar-refractivity contribution in [3.05, 3.63) is 29.8 Å². The van der Waals surface area contributed by atoms with Crippen molar-refractivity contribution in [2.24, 2.45) is 0 Å². The van der Waals surface area contributed by atoms with E-state index in [-0.39, 0.29) is 25.6 Å². The molecule has 0 spiro atoms. The van der Waals surface area contributed by atoms with Crippen LogP contribution in [0.25, 0.3) is 0 Å². The Morgan fingerprint density at radius 2 is 2.10 bits per heavy atom. The summed E-state index contributed by atoms with van der Waals surface area (Å²) >= 11 is 0. The van der Waals surface area contributed by atoms with Crippen LogP contribution in [-0.2, 0) is 14.3 Å². The van der Waals surface area contributed by atoms with Crippen molar-refractivity contribution in [1.82, 2.24) is 4.90 Å². The predicted molar refractivity (Wildman–Crippen MR) is 74.1 cm³/mol. The lowest BCUT2D eigenvalue weighted by molar-refractivity contribution is -0.126. The van der Waals surface area contributed by atoms with Crippen LogP contribution in [0.5, 0.6) is 0 Å². The highest BCUT2D eigenvalue weighted by Gasteiger charge is 2.29. The van der Waals surface area contributed by atoms with Gasteiger partial charge in [-0.3, -0.25) is 4.79 Å². The molecular weight excluding hydrogens is 276 g/mol. The van der Waals surface area contributed by atoms with Gasteiger partial charge >= 0.3 is 12.1 Å². The fourth-order valence-corrected chi connectivity index (χ4v) is 2.08. The maximum Gasteiger partial charge on any atom is 0.416 e. The van der Waals surface area contributed by atoms with Crippen molar-refractivity contribution in [3.8, 4) is 0 Å². The highest BCUT2D eigenvalue weighted by molar-refractivity contribution is 5.98. The van der Waals surface area contributed by atoms with E-state index < -0.39 is 12.1 Å². The second-order valence-electron chi connectivity index (χ2n) is 4.52. The molecule has 0 bridgehead atoms. The smallest absolute Gasteiger partial charge is 0.416 e. The Hall–Kier alpha value is -2.57. The van der Waals surface area contributed by atoms with Crippen molar-refractivity contribution in [1.29, 1.82) is 0 Å². The van der Waals surface area contributed by atoms with E-state index in [0.29, 0.717) is 11.3 Å². The molecule has 0 radical (unpaired) electrons. The number of cyclic esters (lactones) is 1. The zero-order chi connectivity index (χ0) is 15.4. The number of anilines is 1. The summed E-state index contributed by atoms with van der Waals surface area (Å²) in [6.07, 6.45) is -0.630. The minimum absolute atomic E-state index is 0.0386. The molecule has 0 saturated carbocycles. The molecule has 2 amide bonds. The SMILES string of the molecule is COC(=O)c1ccccc1N(C)CC(=O)N1CCOC1=O. The first kappa shape index (κ1) is 14.8. The van der Waals surface area contributed by atoms with Gasteiger partial charge in [-0.25, -0.2) is 14.5 Å². The topological polar surface area (TPSA) is 76.2 Å². The summed E-state index contributed by atoms with van der Waals surface area (Å²) in [6, 6.07) is 6.80. The van der Waals surface area contributed by atoms with E-state index >= 15 is 0 Å². The standard InChI is InChI=1S/C14H16N2O5/c1-15(9-12(17)16-7-8-21-14(16)19)11-6-4-3-5-10(11)13(18)20-2/h3-6H,7-9H2,1-2H3. The Morgan fingerprint density at radius 3 is 2.71 bits per heavy atom. The normalized spacial score (nSPS) is 13.8. The Balaban J connectivity index is 2.13. The summed E-state index contributed by atoms with van der Waals surface area (Å²) in [5.41, 5.74) is 0.921. The highest BCUT2D eigenvalue weighted by Crippen LogP contribution is 2.20. The van der Waals surface area contributed by atoms with Crippen molar-refractivity contribution < 1.29 is 23.9 Å². The van der Waals surface area contributed by atoms with Gasteiger partial charge in [0.1, 0.15) is 6.61 Å². The lowest BCUT2D eigenvalue weighted by Crippen LogP contribution is -2.39. The van der Waals surface area contributed by atoms with Crippen LogP contribution >= 0.6 is 0 Å². The average molecular weight is 292 g/mol. The first-order valence-corrected chi connectivity index (χ1v) is 6.40. The number of ether oxygens (including phenoxy) is 2. The third-order valence-electron chi connectivity index (χ3n) is 3.15. The van der Waals surface area contributed by atoms with E-state index in [9.17, 15) is 14.4 Å².